The summed E-state index contributed by atoms with van der Waals surface area (Å²) >= 11 is 1.51. The summed E-state index contributed by atoms with van der Waals surface area (Å²) in [6.45, 7) is 2.19. The van der Waals surface area contributed by atoms with Crippen LogP contribution in [0.3, 0.4) is 0 Å². The van der Waals surface area contributed by atoms with Crippen LogP contribution in [0.4, 0.5) is 5.69 Å². The first-order chi connectivity index (χ1) is 12.6. The van der Waals surface area contributed by atoms with Gasteiger partial charge in [-0.15, -0.1) is 11.3 Å². The van der Waals surface area contributed by atoms with E-state index in [1.165, 1.54) is 11.3 Å². The molecule has 1 saturated carbocycles. The molecule has 6 heteroatoms. The Kier molecular flexibility index (Phi) is 4.42. The first-order valence-corrected chi connectivity index (χ1v) is 9.34. The minimum Gasteiger partial charge on any atom is -0.455 e. The number of rotatable bonds is 5. The third kappa shape index (κ3) is 3.60. The van der Waals surface area contributed by atoms with E-state index >= 15 is 0 Å². The van der Waals surface area contributed by atoms with E-state index < -0.39 is 5.97 Å². The summed E-state index contributed by atoms with van der Waals surface area (Å²) in [4.78, 5) is 28.8. The standard InChI is InChI=1S/C20H18N2O3S/c1-12-9-15(12)19(23)21-14-6-4-5-13(10-14)20(24)25-11-18-22-16-7-2-3-8-17(16)26-18/h2-8,10,12,15H,9,11H2,1H3,(H,21,23). The molecule has 5 nitrogen and oxygen atoms in total. The molecule has 0 aliphatic heterocycles. The summed E-state index contributed by atoms with van der Waals surface area (Å²) < 4.78 is 6.44. The summed E-state index contributed by atoms with van der Waals surface area (Å²) in [5, 5.41) is 3.62. The molecule has 2 unspecified atom stereocenters. The maximum atomic E-state index is 12.3. The van der Waals surface area contributed by atoms with E-state index in [4.69, 9.17) is 4.74 Å². The zero-order valence-corrected chi connectivity index (χ0v) is 15.1. The fourth-order valence-electron chi connectivity index (χ4n) is 2.84. The van der Waals surface area contributed by atoms with Crippen molar-refractivity contribution in [2.45, 2.75) is 20.0 Å². The molecule has 1 aliphatic rings. The summed E-state index contributed by atoms with van der Waals surface area (Å²) in [6, 6.07) is 14.6. The Hall–Kier alpha value is -2.73. The van der Waals surface area contributed by atoms with E-state index in [1.54, 1.807) is 24.3 Å². The summed E-state index contributed by atoms with van der Waals surface area (Å²) in [7, 11) is 0. The van der Waals surface area contributed by atoms with Gasteiger partial charge in [-0.2, -0.15) is 0 Å². The predicted octanol–water partition coefficient (Wildman–Crippen LogP) is 4.25. The van der Waals surface area contributed by atoms with Crippen molar-refractivity contribution in [2.75, 3.05) is 5.32 Å². The molecule has 1 amide bonds. The van der Waals surface area contributed by atoms with Crippen LogP contribution in [-0.2, 0) is 16.1 Å². The number of ether oxygens (including phenoxy) is 1. The monoisotopic (exact) mass is 366 g/mol. The second-order valence-corrected chi connectivity index (χ2v) is 7.66. The molecule has 26 heavy (non-hydrogen) atoms. The van der Waals surface area contributed by atoms with Gasteiger partial charge in [0, 0.05) is 11.6 Å². The number of carbonyl (C=O) groups excluding carboxylic acids is 2. The van der Waals surface area contributed by atoms with Crippen LogP contribution in [0.25, 0.3) is 10.2 Å². The van der Waals surface area contributed by atoms with E-state index in [0.717, 1.165) is 21.6 Å². The van der Waals surface area contributed by atoms with Gasteiger partial charge in [0.15, 0.2) is 0 Å². The maximum Gasteiger partial charge on any atom is 0.338 e. The van der Waals surface area contributed by atoms with Crippen LogP contribution in [-0.4, -0.2) is 16.9 Å². The number of thiazole rings is 1. The third-order valence-electron chi connectivity index (χ3n) is 4.48. The lowest BCUT2D eigenvalue weighted by Gasteiger charge is -2.07. The second-order valence-electron chi connectivity index (χ2n) is 6.54. The number of hydrogen-bond donors (Lipinski definition) is 1. The van der Waals surface area contributed by atoms with Gasteiger partial charge in [-0.25, -0.2) is 9.78 Å². The minimum atomic E-state index is -0.430. The van der Waals surface area contributed by atoms with Crippen LogP contribution in [0, 0.1) is 11.8 Å². The van der Waals surface area contributed by atoms with Crippen LogP contribution >= 0.6 is 11.3 Å². The smallest absolute Gasteiger partial charge is 0.338 e. The van der Waals surface area contributed by atoms with Crippen LogP contribution in [0.15, 0.2) is 48.5 Å². The topological polar surface area (TPSA) is 68.3 Å². The minimum absolute atomic E-state index is 0.0116. The second kappa shape index (κ2) is 6.88. The van der Waals surface area contributed by atoms with Crippen LogP contribution in [0.2, 0.25) is 0 Å². The number of hydrogen-bond acceptors (Lipinski definition) is 5. The molecule has 3 aromatic rings. The molecule has 2 aromatic carbocycles. The predicted molar refractivity (Wildman–Crippen MR) is 101 cm³/mol. The van der Waals surface area contributed by atoms with Gasteiger partial charge < -0.3 is 10.1 Å². The van der Waals surface area contributed by atoms with Crippen molar-refractivity contribution in [1.29, 1.82) is 0 Å². The lowest BCUT2D eigenvalue weighted by atomic mass is 10.2. The van der Waals surface area contributed by atoms with Crippen LogP contribution in [0.5, 0.6) is 0 Å². The lowest BCUT2D eigenvalue weighted by molar-refractivity contribution is -0.117. The highest BCUT2D eigenvalue weighted by Gasteiger charge is 2.39. The number of esters is 1. The van der Waals surface area contributed by atoms with Crippen molar-refractivity contribution in [3.63, 3.8) is 0 Å². The number of carbonyl (C=O) groups is 2. The average Bonchev–Trinajstić information content (AvgIpc) is 3.23. The zero-order valence-electron chi connectivity index (χ0n) is 14.3. The number of fused-ring (bicyclic) bond motifs is 1. The normalized spacial score (nSPS) is 18.5. The molecule has 1 N–H and O–H groups in total. The first-order valence-electron chi connectivity index (χ1n) is 8.52. The largest absolute Gasteiger partial charge is 0.455 e. The van der Waals surface area contributed by atoms with Crippen molar-refractivity contribution in [2.24, 2.45) is 11.8 Å². The van der Waals surface area contributed by atoms with Gasteiger partial charge in [0.1, 0.15) is 11.6 Å². The number of aromatic nitrogens is 1. The Morgan fingerprint density at radius 1 is 1.23 bits per heavy atom. The Labute approximate surface area is 155 Å². The number of nitrogens with zero attached hydrogens (tertiary/aromatic N) is 1. The van der Waals surface area contributed by atoms with Crippen LogP contribution in [0.1, 0.15) is 28.7 Å². The Morgan fingerprint density at radius 2 is 2.04 bits per heavy atom. The molecule has 4 rings (SSSR count). The highest BCUT2D eigenvalue weighted by molar-refractivity contribution is 7.18. The molecule has 132 valence electrons. The van der Waals surface area contributed by atoms with Gasteiger partial charge >= 0.3 is 5.97 Å². The molecule has 0 spiro atoms. The van der Waals surface area contributed by atoms with Crippen molar-refractivity contribution in [3.05, 3.63) is 59.1 Å². The fraction of sp³-hybridized carbons (Fsp3) is 0.250. The molecule has 0 radical (unpaired) electrons. The summed E-state index contributed by atoms with van der Waals surface area (Å²) in [5.74, 6) is 0.110. The molecule has 1 aliphatic carbocycles. The molecule has 1 heterocycles. The van der Waals surface area contributed by atoms with Crippen LogP contribution < -0.4 is 5.32 Å². The van der Waals surface area contributed by atoms with E-state index in [2.05, 4.69) is 17.2 Å². The van der Waals surface area contributed by atoms with E-state index in [0.29, 0.717) is 17.2 Å². The Morgan fingerprint density at radius 3 is 2.81 bits per heavy atom. The van der Waals surface area contributed by atoms with Gasteiger partial charge in [0.25, 0.3) is 0 Å². The molecule has 0 saturated heterocycles. The summed E-state index contributed by atoms with van der Waals surface area (Å²) in [5.41, 5.74) is 1.93. The lowest BCUT2D eigenvalue weighted by Crippen LogP contribution is -2.15. The molecule has 1 fully saturated rings. The first kappa shape index (κ1) is 16.7. The number of nitrogens with one attached hydrogen (secondary N) is 1. The van der Waals surface area contributed by atoms with Gasteiger partial charge in [0.05, 0.1) is 15.8 Å². The number of benzene rings is 2. The van der Waals surface area contributed by atoms with E-state index in [1.807, 2.05) is 24.3 Å². The van der Waals surface area contributed by atoms with E-state index in [9.17, 15) is 9.59 Å². The van der Waals surface area contributed by atoms with Gasteiger partial charge in [-0.1, -0.05) is 25.1 Å². The number of amides is 1. The average molecular weight is 366 g/mol. The Bertz CT molecular complexity index is 949. The highest BCUT2D eigenvalue weighted by Crippen LogP contribution is 2.38. The maximum absolute atomic E-state index is 12.3. The van der Waals surface area contributed by atoms with Crippen molar-refractivity contribution >= 4 is 39.1 Å². The molecular weight excluding hydrogens is 348 g/mol. The van der Waals surface area contributed by atoms with Crippen molar-refractivity contribution in [3.8, 4) is 0 Å². The molecule has 2 atom stereocenters. The quantitative estimate of drug-likeness (QED) is 0.686. The zero-order chi connectivity index (χ0) is 18.1. The number of anilines is 1. The SMILES string of the molecule is CC1CC1C(=O)Nc1cccc(C(=O)OCc2nc3ccccc3s2)c1. The molecule has 1 aromatic heterocycles. The van der Waals surface area contributed by atoms with Gasteiger partial charge in [-0.3, -0.25) is 4.79 Å². The third-order valence-corrected chi connectivity index (χ3v) is 5.49. The number of para-hydroxylation sites is 1. The summed E-state index contributed by atoms with van der Waals surface area (Å²) in [6.07, 6.45) is 0.926. The molecule has 0 bridgehead atoms. The van der Waals surface area contributed by atoms with Gasteiger partial charge in [-0.05, 0) is 42.7 Å². The van der Waals surface area contributed by atoms with Crippen molar-refractivity contribution in [1.82, 2.24) is 4.98 Å². The Balaban J connectivity index is 1.39. The fourth-order valence-corrected chi connectivity index (χ4v) is 3.72. The molecular formula is C20H18N2O3S. The highest BCUT2D eigenvalue weighted by atomic mass is 32.1. The van der Waals surface area contributed by atoms with E-state index in [-0.39, 0.29) is 18.4 Å². The van der Waals surface area contributed by atoms with Gasteiger partial charge in [0.2, 0.25) is 5.91 Å². The van der Waals surface area contributed by atoms with Crippen molar-refractivity contribution < 1.29 is 14.3 Å².